The molecule has 0 radical (unpaired) electrons. The van der Waals surface area contributed by atoms with E-state index in [1.165, 1.54) is 12.1 Å². The average molecular weight is 1040 g/mol. The molecule has 1 heterocycles. The van der Waals surface area contributed by atoms with Crippen LogP contribution in [0.25, 0.3) is 0 Å². The normalized spacial score (nSPS) is 27.5. The Morgan fingerprint density at radius 3 is 1.49 bits per heavy atom. The maximum atomic E-state index is 14.3. The van der Waals surface area contributed by atoms with E-state index >= 15 is 0 Å². The molecule has 13 atom stereocenters. The minimum Gasteiger partial charge on any atom is -0.394 e. The summed E-state index contributed by atoms with van der Waals surface area (Å²) < 4.78 is 0. The zero-order chi connectivity index (χ0) is 55.3. The molecule has 1 aromatic carbocycles. The van der Waals surface area contributed by atoms with Gasteiger partial charge in [-0.1, -0.05) is 78.3 Å². The molecule has 0 aromatic heterocycles. The van der Waals surface area contributed by atoms with Crippen molar-refractivity contribution in [3.05, 3.63) is 35.9 Å². The van der Waals surface area contributed by atoms with Crippen molar-refractivity contribution in [1.82, 2.24) is 53.2 Å². The number of nitrogens with one attached hydrogen (secondary N) is 11. The van der Waals surface area contributed by atoms with Crippen LogP contribution in [0.2, 0.25) is 0 Å². The highest BCUT2D eigenvalue weighted by Crippen LogP contribution is 2.18. The maximum absolute atomic E-state index is 14.3. The molecule has 27 nitrogen and oxygen atoms in total. The van der Waals surface area contributed by atoms with Gasteiger partial charge in [0.25, 0.3) is 0 Å². The number of amides is 9. The summed E-state index contributed by atoms with van der Waals surface area (Å²) in [4.78, 5) is 125. The second-order valence-corrected chi connectivity index (χ2v) is 18.7. The zero-order valence-electron chi connectivity index (χ0n) is 42.3. The fourth-order valence-electron chi connectivity index (χ4n) is 7.41. The van der Waals surface area contributed by atoms with Crippen LogP contribution in [0, 0.1) is 23.2 Å². The molecule has 1 saturated heterocycles. The number of guanidine groups is 1. The van der Waals surface area contributed by atoms with E-state index in [0.717, 1.165) is 6.92 Å². The molecule has 73 heavy (non-hydrogen) atoms. The summed E-state index contributed by atoms with van der Waals surface area (Å²) in [6.45, 7) is 7.73. The molecule has 20 N–H and O–H groups in total. The van der Waals surface area contributed by atoms with E-state index in [0.29, 0.717) is 0 Å². The van der Waals surface area contributed by atoms with E-state index in [1.54, 1.807) is 59.7 Å². The number of carbonyl (C=O) groups excluding carboxylic acids is 9. The molecule has 27 heteroatoms. The largest absolute Gasteiger partial charge is 0.394 e. The number of aliphatic hydroxyl groups is 5. The van der Waals surface area contributed by atoms with E-state index in [1.807, 2.05) is 0 Å². The molecule has 0 aliphatic carbocycles. The van der Waals surface area contributed by atoms with Gasteiger partial charge < -0.3 is 90.2 Å². The van der Waals surface area contributed by atoms with Crippen LogP contribution in [0.15, 0.2) is 30.3 Å². The van der Waals surface area contributed by atoms with Crippen LogP contribution in [0.3, 0.4) is 0 Å². The molecule has 1 fully saturated rings. The van der Waals surface area contributed by atoms with Crippen molar-refractivity contribution in [2.75, 3.05) is 26.4 Å². The number of aliphatic hydroxyl groups excluding tert-OH is 5. The summed E-state index contributed by atoms with van der Waals surface area (Å²) in [5, 5.41) is 84.3. The number of rotatable bonds is 15. The highest BCUT2D eigenvalue weighted by molar-refractivity contribution is 5.99. The highest BCUT2D eigenvalue weighted by atomic mass is 16.3. The first-order chi connectivity index (χ1) is 34.3. The number of carbonyl (C=O) groups is 9. The lowest BCUT2D eigenvalue weighted by Crippen LogP contribution is -2.64. The predicted molar refractivity (Wildman–Crippen MR) is 263 cm³/mol. The van der Waals surface area contributed by atoms with Gasteiger partial charge in [0.2, 0.25) is 53.2 Å². The maximum Gasteiger partial charge on any atom is 0.245 e. The van der Waals surface area contributed by atoms with Gasteiger partial charge in [-0.15, -0.1) is 0 Å². The number of benzene rings is 1. The number of hydrogen-bond donors (Lipinski definition) is 18. The minimum absolute atomic E-state index is 0.0427. The Morgan fingerprint density at radius 1 is 0.589 bits per heavy atom. The lowest BCUT2D eigenvalue weighted by molar-refractivity contribution is -0.138. The van der Waals surface area contributed by atoms with Crippen molar-refractivity contribution >= 4 is 59.1 Å². The van der Waals surface area contributed by atoms with Crippen molar-refractivity contribution in [2.45, 2.75) is 147 Å². The molecule has 1 aliphatic rings. The van der Waals surface area contributed by atoms with Crippen LogP contribution in [-0.2, 0) is 43.2 Å². The molecular weight excluding hydrogens is 959 g/mol. The van der Waals surface area contributed by atoms with Gasteiger partial charge in [-0.3, -0.25) is 48.6 Å². The third-order valence-corrected chi connectivity index (χ3v) is 12.0. The molecule has 0 bridgehead atoms. The van der Waals surface area contributed by atoms with Gasteiger partial charge in [0.05, 0.1) is 38.1 Å². The molecular formula is C46H77N13O14. The van der Waals surface area contributed by atoms with Crippen LogP contribution >= 0.6 is 0 Å². The molecule has 0 saturated carbocycles. The third-order valence-electron chi connectivity index (χ3n) is 12.0. The lowest BCUT2D eigenvalue weighted by Gasteiger charge is -2.32. The Kier molecular flexibility index (Phi) is 26.2. The fraction of sp³-hybridized carbons (Fsp3) is 0.652. The minimum atomic E-state index is -1.88. The standard InChI is InChI=1S/C46H77N13O14/c1-8-23(6)32-43(71)57-33(24(7)63)44(72)55-29(19-61)40(68)53-28(18-60)39(67)54-30(20-62)41(69)58-34(25-13-10-9-11-14-25)31(47)42(70)59-35(36(64)22(4)5)45(73)52-27(17-21(2)3)38(66)51-26(37(65)56-32)15-12-16-50-46(48)49/h9-11,13-14,21-24,26-36,60-64H,8,12,15-20,47H2,1-7H3,(H,51,66)(H,52,73)(H,53,68)(H,54,67)(H,55,72)(H,56,65)(H,57,71)(H,58,69)(H,59,70)(H4,48,49,50)/t23-,24-,26+,27-,28-,29+,30?,31-,32-,33-,34+,35-,36+/m0/s1. The monoisotopic (exact) mass is 1040 g/mol. The van der Waals surface area contributed by atoms with Gasteiger partial charge in [-0.25, -0.2) is 0 Å². The third kappa shape index (κ3) is 19.4. The van der Waals surface area contributed by atoms with Crippen molar-refractivity contribution < 1.29 is 68.7 Å². The van der Waals surface area contributed by atoms with E-state index < -0.39 is 157 Å². The van der Waals surface area contributed by atoms with Crippen LogP contribution in [-0.4, -0.2) is 178 Å². The predicted octanol–water partition coefficient (Wildman–Crippen LogP) is -6.21. The van der Waals surface area contributed by atoms with Crippen LogP contribution < -0.4 is 64.6 Å². The lowest BCUT2D eigenvalue weighted by atomic mass is 9.95. The van der Waals surface area contributed by atoms with Gasteiger partial charge in [0.15, 0.2) is 5.96 Å². The van der Waals surface area contributed by atoms with Crippen molar-refractivity contribution in [2.24, 2.45) is 29.2 Å². The molecule has 2 rings (SSSR count). The van der Waals surface area contributed by atoms with E-state index in [-0.39, 0.29) is 49.7 Å². The quantitative estimate of drug-likeness (QED) is 0.0441. The molecule has 1 aromatic rings. The summed E-state index contributed by atoms with van der Waals surface area (Å²) in [7, 11) is 0. The molecule has 1 unspecified atom stereocenters. The second kappa shape index (κ2) is 30.5. The Hall–Kier alpha value is -6.52. The molecule has 0 spiro atoms. The number of hydrogen-bond acceptors (Lipinski definition) is 16. The Bertz CT molecular complexity index is 2050. The zero-order valence-corrected chi connectivity index (χ0v) is 42.3. The Morgan fingerprint density at radius 2 is 1.01 bits per heavy atom. The summed E-state index contributed by atoms with van der Waals surface area (Å²) in [5.41, 5.74) is 12.2. The molecule has 410 valence electrons. The first kappa shape index (κ1) is 62.6. The Labute approximate surface area is 423 Å². The molecule has 1 aliphatic heterocycles. The van der Waals surface area contributed by atoms with Crippen molar-refractivity contribution in [3.8, 4) is 0 Å². The van der Waals surface area contributed by atoms with Gasteiger partial charge in [0, 0.05) is 6.54 Å². The highest BCUT2D eigenvalue weighted by Gasteiger charge is 2.40. The van der Waals surface area contributed by atoms with E-state index in [4.69, 9.17) is 16.9 Å². The summed E-state index contributed by atoms with van der Waals surface area (Å²) in [5.74, 6) is -11.8. The van der Waals surface area contributed by atoms with Crippen LogP contribution in [0.5, 0.6) is 0 Å². The average Bonchev–Trinajstić information content (AvgIpc) is 3.34. The van der Waals surface area contributed by atoms with Gasteiger partial charge in [0.1, 0.15) is 54.4 Å². The SMILES string of the molecule is CC[C@H](C)[C@@H]1NC(=O)[C@@H](CCCNC(=N)N)NC(=O)[C@H](CC(C)C)NC(=O)[C@H]([C@H](O)C(C)C)NC(=O)[C@@H](N)[C@@H](c2ccccc2)NC(=O)C(CO)NC(=O)[C@H](CO)NC(=O)[C@@H](CO)NC(=O)[C@H]([C@H](C)O)NC1=O. The number of nitrogens with two attached hydrogens (primary N) is 2. The topological polar surface area (TPSA) is 451 Å². The van der Waals surface area contributed by atoms with Crippen LogP contribution in [0.1, 0.15) is 85.8 Å². The first-order valence-corrected chi connectivity index (χ1v) is 24.1. The van der Waals surface area contributed by atoms with E-state index in [2.05, 4.69) is 53.2 Å². The summed E-state index contributed by atoms with van der Waals surface area (Å²) in [6.07, 6.45) is -3.07. The summed E-state index contributed by atoms with van der Waals surface area (Å²) >= 11 is 0. The Balaban J connectivity index is 2.84. The van der Waals surface area contributed by atoms with Gasteiger partial charge in [-0.05, 0) is 49.5 Å². The first-order valence-electron chi connectivity index (χ1n) is 24.1. The fourth-order valence-corrected chi connectivity index (χ4v) is 7.41. The summed E-state index contributed by atoms with van der Waals surface area (Å²) in [6, 6.07) is -9.07. The van der Waals surface area contributed by atoms with Gasteiger partial charge in [-0.2, -0.15) is 0 Å². The van der Waals surface area contributed by atoms with Gasteiger partial charge >= 0.3 is 0 Å². The van der Waals surface area contributed by atoms with Crippen molar-refractivity contribution in [3.63, 3.8) is 0 Å². The van der Waals surface area contributed by atoms with Crippen molar-refractivity contribution in [1.29, 1.82) is 5.41 Å². The van der Waals surface area contributed by atoms with E-state index in [9.17, 15) is 68.7 Å². The second-order valence-electron chi connectivity index (χ2n) is 18.7. The molecule has 9 amide bonds. The smallest absolute Gasteiger partial charge is 0.245 e. The van der Waals surface area contributed by atoms with Crippen LogP contribution in [0.4, 0.5) is 0 Å².